The van der Waals surface area contributed by atoms with Crippen LogP contribution in [0.1, 0.15) is 54.4 Å². The lowest BCUT2D eigenvalue weighted by atomic mass is 10.0. The molecule has 0 aromatic carbocycles. The van der Waals surface area contributed by atoms with Gasteiger partial charge in [-0.2, -0.15) is 0 Å². The maximum Gasteiger partial charge on any atom is 0.329 e. The van der Waals surface area contributed by atoms with E-state index in [0.717, 1.165) is 12.8 Å². The van der Waals surface area contributed by atoms with E-state index in [0.29, 0.717) is 5.92 Å². The molecule has 1 fully saturated rings. The van der Waals surface area contributed by atoms with E-state index in [1.54, 1.807) is 0 Å². The van der Waals surface area contributed by atoms with Gasteiger partial charge in [0.15, 0.2) is 0 Å². The van der Waals surface area contributed by atoms with E-state index in [1.165, 1.54) is 0 Å². The first kappa shape index (κ1) is 16.0. The largest absolute Gasteiger partial charge is 0.458 e. The van der Waals surface area contributed by atoms with Gasteiger partial charge in [-0.25, -0.2) is 4.79 Å². The van der Waals surface area contributed by atoms with Crippen molar-refractivity contribution in [2.24, 2.45) is 17.8 Å². The summed E-state index contributed by atoms with van der Waals surface area (Å²) in [5.74, 6) is 0.117. The fourth-order valence-electron chi connectivity index (χ4n) is 1.96. The zero-order chi connectivity index (χ0) is 14.8. The maximum atomic E-state index is 12.1. The molecule has 1 amide bonds. The van der Waals surface area contributed by atoms with Crippen LogP contribution in [0.3, 0.4) is 0 Å². The summed E-state index contributed by atoms with van der Waals surface area (Å²) in [7, 11) is 0. The van der Waals surface area contributed by atoms with Gasteiger partial charge in [0, 0.05) is 5.92 Å². The van der Waals surface area contributed by atoms with E-state index in [1.807, 2.05) is 41.5 Å². The molecule has 1 N–H and O–H groups in total. The van der Waals surface area contributed by atoms with Crippen molar-refractivity contribution in [2.75, 3.05) is 0 Å². The summed E-state index contributed by atoms with van der Waals surface area (Å²) in [5.41, 5.74) is -0.531. The molecule has 110 valence electrons. The summed E-state index contributed by atoms with van der Waals surface area (Å²) in [5, 5.41) is 2.85. The standard InChI is InChI=1S/C15H27NO3/c1-9(2)12(14(18)19-15(4,5)6)16-13(17)10(3)11-7-8-11/h9-12H,7-8H2,1-6H3,(H,16,17)/t10?,12-/m1/s1. The average molecular weight is 269 g/mol. The topological polar surface area (TPSA) is 55.4 Å². The van der Waals surface area contributed by atoms with Gasteiger partial charge in [0.05, 0.1) is 0 Å². The van der Waals surface area contributed by atoms with Gasteiger partial charge in [-0.15, -0.1) is 0 Å². The third-order valence-electron chi connectivity index (χ3n) is 3.37. The molecule has 19 heavy (non-hydrogen) atoms. The number of hydrogen-bond acceptors (Lipinski definition) is 3. The Labute approximate surface area is 116 Å². The summed E-state index contributed by atoms with van der Waals surface area (Å²) >= 11 is 0. The van der Waals surface area contributed by atoms with E-state index < -0.39 is 11.6 Å². The molecule has 1 aliphatic rings. The smallest absolute Gasteiger partial charge is 0.329 e. The zero-order valence-electron chi connectivity index (χ0n) is 12.9. The molecule has 1 aliphatic carbocycles. The van der Waals surface area contributed by atoms with Gasteiger partial charge in [0.25, 0.3) is 0 Å². The predicted molar refractivity (Wildman–Crippen MR) is 74.5 cm³/mol. The average Bonchev–Trinajstić information content (AvgIpc) is 3.04. The van der Waals surface area contributed by atoms with Gasteiger partial charge in [-0.1, -0.05) is 20.8 Å². The second-order valence-corrected chi connectivity index (χ2v) is 6.89. The Bertz CT molecular complexity index is 340. The Hall–Kier alpha value is -1.06. The molecule has 0 heterocycles. The predicted octanol–water partition coefficient (Wildman–Crippen LogP) is 2.52. The number of esters is 1. The minimum Gasteiger partial charge on any atom is -0.458 e. The van der Waals surface area contributed by atoms with Crippen molar-refractivity contribution in [1.29, 1.82) is 0 Å². The van der Waals surface area contributed by atoms with Crippen LogP contribution >= 0.6 is 0 Å². The molecular weight excluding hydrogens is 242 g/mol. The normalized spacial score (nSPS) is 18.9. The van der Waals surface area contributed by atoms with E-state index in [-0.39, 0.29) is 23.7 Å². The lowest BCUT2D eigenvalue weighted by molar-refractivity contribution is -0.160. The molecule has 0 radical (unpaired) electrons. The fraction of sp³-hybridized carbons (Fsp3) is 0.867. The highest BCUT2D eigenvalue weighted by Crippen LogP contribution is 2.36. The van der Waals surface area contributed by atoms with Crippen LogP contribution in [0.2, 0.25) is 0 Å². The molecule has 0 spiro atoms. The van der Waals surface area contributed by atoms with Crippen LogP contribution in [0.25, 0.3) is 0 Å². The number of rotatable bonds is 5. The van der Waals surface area contributed by atoms with Crippen LogP contribution < -0.4 is 5.32 Å². The van der Waals surface area contributed by atoms with Crippen LogP contribution in [0.5, 0.6) is 0 Å². The Balaban J connectivity index is 2.61. The summed E-state index contributed by atoms with van der Waals surface area (Å²) in [6.45, 7) is 11.2. The second-order valence-electron chi connectivity index (χ2n) is 6.89. The molecule has 4 heteroatoms. The van der Waals surface area contributed by atoms with Crippen LogP contribution in [-0.4, -0.2) is 23.5 Å². The molecule has 1 saturated carbocycles. The van der Waals surface area contributed by atoms with E-state index >= 15 is 0 Å². The molecule has 1 rings (SSSR count). The second kappa shape index (κ2) is 5.93. The monoisotopic (exact) mass is 269 g/mol. The number of carbonyl (C=O) groups is 2. The van der Waals surface area contributed by atoms with Crippen LogP contribution in [0.4, 0.5) is 0 Å². The quantitative estimate of drug-likeness (QED) is 0.780. The highest BCUT2D eigenvalue weighted by Gasteiger charge is 2.36. The van der Waals surface area contributed by atoms with Gasteiger partial charge in [-0.05, 0) is 45.4 Å². The molecule has 0 bridgehead atoms. The van der Waals surface area contributed by atoms with Crippen molar-refractivity contribution in [3.05, 3.63) is 0 Å². The van der Waals surface area contributed by atoms with Gasteiger partial charge in [0.1, 0.15) is 11.6 Å². The molecule has 2 atom stereocenters. The fourth-order valence-corrected chi connectivity index (χ4v) is 1.96. The Kier molecular flexibility index (Phi) is 4.99. The van der Waals surface area contributed by atoms with Crippen LogP contribution in [0.15, 0.2) is 0 Å². The molecule has 0 aromatic heterocycles. The maximum absolute atomic E-state index is 12.1. The molecule has 4 nitrogen and oxygen atoms in total. The molecule has 0 saturated heterocycles. The van der Waals surface area contributed by atoms with Crippen molar-refractivity contribution >= 4 is 11.9 Å². The summed E-state index contributed by atoms with van der Waals surface area (Å²) < 4.78 is 5.36. The van der Waals surface area contributed by atoms with Gasteiger partial charge in [-0.3, -0.25) is 4.79 Å². The summed E-state index contributed by atoms with van der Waals surface area (Å²) in [6.07, 6.45) is 2.24. The number of ether oxygens (including phenoxy) is 1. The highest BCUT2D eigenvalue weighted by molar-refractivity contribution is 5.86. The number of nitrogens with one attached hydrogen (secondary N) is 1. The minimum absolute atomic E-state index is 0.0105. The number of hydrogen-bond donors (Lipinski definition) is 1. The highest BCUT2D eigenvalue weighted by atomic mass is 16.6. The van der Waals surface area contributed by atoms with Crippen molar-refractivity contribution in [1.82, 2.24) is 5.32 Å². The SMILES string of the molecule is CC(C(=O)N[C@@H](C(=O)OC(C)(C)C)C(C)C)C1CC1. The first-order chi connectivity index (χ1) is 8.61. The van der Waals surface area contributed by atoms with Gasteiger partial charge < -0.3 is 10.1 Å². The Morgan fingerprint density at radius 2 is 1.68 bits per heavy atom. The molecule has 0 aromatic rings. The van der Waals surface area contributed by atoms with Gasteiger partial charge in [0.2, 0.25) is 5.91 Å². The number of carbonyl (C=O) groups excluding carboxylic acids is 2. The summed E-state index contributed by atoms with van der Waals surface area (Å²) in [6, 6.07) is -0.562. The molecular formula is C15H27NO3. The number of amides is 1. The lowest BCUT2D eigenvalue weighted by Gasteiger charge is -2.27. The third kappa shape index (κ3) is 5.21. The van der Waals surface area contributed by atoms with Crippen molar-refractivity contribution < 1.29 is 14.3 Å². The minimum atomic E-state index is -0.562. The Morgan fingerprint density at radius 1 is 1.16 bits per heavy atom. The first-order valence-electron chi connectivity index (χ1n) is 7.15. The van der Waals surface area contributed by atoms with Crippen molar-refractivity contribution in [2.45, 2.75) is 66.0 Å². The first-order valence-corrected chi connectivity index (χ1v) is 7.15. The van der Waals surface area contributed by atoms with E-state index in [2.05, 4.69) is 5.32 Å². The van der Waals surface area contributed by atoms with Crippen LogP contribution in [-0.2, 0) is 14.3 Å². The van der Waals surface area contributed by atoms with Crippen LogP contribution in [0, 0.1) is 17.8 Å². The van der Waals surface area contributed by atoms with E-state index in [4.69, 9.17) is 4.74 Å². The Morgan fingerprint density at radius 3 is 2.05 bits per heavy atom. The molecule has 1 unspecified atom stereocenters. The summed E-state index contributed by atoms with van der Waals surface area (Å²) in [4.78, 5) is 24.2. The third-order valence-corrected chi connectivity index (χ3v) is 3.37. The van der Waals surface area contributed by atoms with Crippen molar-refractivity contribution in [3.63, 3.8) is 0 Å². The zero-order valence-corrected chi connectivity index (χ0v) is 12.9. The van der Waals surface area contributed by atoms with Crippen molar-refractivity contribution in [3.8, 4) is 0 Å². The van der Waals surface area contributed by atoms with E-state index in [9.17, 15) is 9.59 Å². The van der Waals surface area contributed by atoms with Gasteiger partial charge >= 0.3 is 5.97 Å². The molecule has 0 aliphatic heterocycles. The lowest BCUT2D eigenvalue weighted by Crippen LogP contribution is -2.48.